The molecule has 0 saturated carbocycles. The van der Waals surface area contributed by atoms with Crippen molar-refractivity contribution in [2.45, 2.75) is 6.92 Å². The van der Waals surface area contributed by atoms with Crippen LogP contribution in [0.15, 0.2) is 30.3 Å². The Hall–Kier alpha value is -2.30. The van der Waals surface area contributed by atoms with Crippen molar-refractivity contribution in [1.29, 1.82) is 0 Å². The molecule has 0 aliphatic heterocycles. The molecule has 16 heavy (non-hydrogen) atoms. The maximum absolute atomic E-state index is 6.03. The topological polar surface area (TPSA) is 72.0 Å². The Kier molecular flexibility index (Phi) is 1.73. The Morgan fingerprint density at radius 1 is 1.19 bits per heavy atom. The summed E-state index contributed by atoms with van der Waals surface area (Å²) in [6.07, 6.45) is 0. The van der Waals surface area contributed by atoms with E-state index in [9.17, 15) is 0 Å². The van der Waals surface area contributed by atoms with Crippen molar-refractivity contribution in [3.8, 4) is 11.3 Å². The molecule has 0 amide bonds. The molecule has 0 unspecified atom stereocenters. The van der Waals surface area contributed by atoms with Crippen LogP contribution in [0.5, 0.6) is 0 Å². The number of aryl methyl sites for hydroxylation is 1. The van der Waals surface area contributed by atoms with E-state index in [1.165, 1.54) is 4.63 Å². The molecule has 0 aliphatic rings. The Morgan fingerprint density at radius 3 is 2.62 bits per heavy atom. The lowest BCUT2D eigenvalue weighted by atomic mass is 10.1. The molecular formula is C11H11N5. The first-order valence-corrected chi connectivity index (χ1v) is 5.02. The van der Waals surface area contributed by atoms with Gasteiger partial charge >= 0.3 is 0 Å². The van der Waals surface area contributed by atoms with E-state index in [0.717, 1.165) is 22.7 Å². The van der Waals surface area contributed by atoms with Crippen LogP contribution >= 0.6 is 0 Å². The quantitative estimate of drug-likeness (QED) is 0.645. The number of aromatic nitrogens is 4. The molecule has 5 nitrogen and oxygen atoms in total. The van der Waals surface area contributed by atoms with E-state index in [4.69, 9.17) is 5.73 Å². The molecule has 2 aromatic heterocycles. The molecule has 0 spiro atoms. The highest BCUT2D eigenvalue weighted by Crippen LogP contribution is 2.26. The second kappa shape index (κ2) is 3.10. The molecule has 0 radical (unpaired) electrons. The zero-order valence-corrected chi connectivity index (χ0v) is 8.81. The van der Waals surface area contributed by atoms with E-state index in [0.29, 0.717) is 5.69 Å². The Labute approximate surface area is 91.9 Å². The third-order valence-corrected chi connectivity index (χ3v) is 2.50. The smallest absolute Gasteiger partial charge is 0.179 e. The third kappa shape index (κ3) is 1.18. The molecule has 0 bridgehead atoms. The Morgan fingerprint density at radius 2 is 1.94 bits per heavy atom. The summed E-state index contributed by atoms with van der Waals surface area (Å²) in [4.78, 5) is 3.08. The average molecular weight is 213 g/mol. The molecular weight excluding hydrogens is 202 g/mol. The second-order valence-electron chi connectivity index (χ2n) is 3.68. The van der Waals surface area contributed by atoms with Crippen molar-refractivity contribution in [1.82, 2.24) is 19.8 Å². The van der Waals surface area contributed by atoms with Gasteiger partial charge in [-0.1, -0.05) is 30.3 Å². The number of hydrogen-bond donors (Lipinski definition) is 2. The fourth-order valence-corrected chi connectivity index (χ4v) is 1.76. The Balaban J connectivity index is 2.25. The largest absolute Gasteiger partial charge is 0.394 e. The third-order valence-electron chi connectivity index (χ3n) is 2.50. The van der Waals surface area contributed by atoms with Crippen molar-refractivity contribution >= 4 is 11.3 Å². The van der Waals surface area contributed by atoms with Gasteiger partial charge in [-0.25, -0.2) is 0 Å². The summed E-state index contributed by atoms with van der Waals surface area (Å²) in [6, 6.07) is 9.84. The maximum Gasteiger partial charge on any atom is 0.179 e. The van der Waals surface area contributed by atoms with E-state index in [-0.39, 0.29) is 0 Å². The first-order chi connectivity index (χ1) is 7.75. The lowest BCUT2D eigenvalue weighted by Gasteiger charge is -1.96. The minimum atomic E-state index is 0.631. The van der Waals surface area contributed by atoms with Gasteiger partial charge < -0.3 is 10.7 Å². The number of rotatable bonds is 1. The zero-order valence-electron chi connectivity index (χ0n) is 8.81. The van der Waals surface area contributed by atoms with Crippen molar-refractivity contribution in [2.24, 2.45) is 0 Å². The van der Waals surface area contributed by atoms with Gasteiger partial charge in [-0.05, 0) is 6.92 Å². The molecule has 5 heteroatoms. The number of fused-ring (bicyclic) bond motifs is 1. The van der Waals surface area contributed by atoms with Gasteiger partial charge in [-0.3, -0.25) is 0 Å². The van der Waals surface area contributed by atoms with E-state index in [1.807, 2.05) is 37.3 Å². The number of nitrogens with two attached hydrogens (primary N) is 1. The minimum absolute atomic E-state index is 0.631. The molecule has 3 rings (SSSR count). The zero-order chi connectivity index (χ0) is 11.1. The standard InChI is InChI=1S/C11H11N5/c1-7-13-11-9(12)10(15-16(11)14-7)8-5-3-2-4-6-8/h2-6H,12H2,1H3,(H,13,14). The van der Waals surface area contributed by atoms with Crippen LogP contribution in [0, 0.1) is 6.92 Å². The van der Waals surface area contributed by atoms with Crippen molar-refractivity contribution in [3.63, 3.8) is 0 Å². The summed E-state index contributed by atoms with van der Waals surface area (Å²) in [6.45, 7) is 1.87. The highest BCUT2D eigenvalue weighted by Gasteiger charge is 2.13. The summed E-state index contributed by atoms with van der Waals surface area (Å²) in [5, 5.41) is 8.54. The monoisotopic (exact) mass is 213 g/mol. The molecule has 2 heterocycles. The van der Waals surface area contributed by atoms with E-state index in [1.54, 1.807) is 0 Å². The number of nitrogen functional groups attached to an aromatic ring is 1. The lowest BCUT2D eigenvalue weighted by Crippen LogP contribution is -1.89. The van der Waals surface area contributed by atoms with Gasteiger partial charge in [0, 0.05) is 5.56 Å². The van der Waals surface area contributed by atoms with Crippen LogP contribution in [-0.2, 0) is 0 Å². The van der Waals surface area contributed by atoms with Crippen LogP contribution in [0.2, 0.25) is 0 Å². The van der Waals surface area contributed by atoms with Gasteiger partial charge in [0.05, 0.1) is 0 Å². The van der Waals surface area contributed by atoms with Crippen LogP contribution < -0.4 is 5.73 Å². The van der Waals surface area contributed by atoms with E-state index >= 15 is 0 Å². The van der Waals surface area contributed by atoms with Crippen molar-refractivity contribution in [2.75, 3.05) is 5.73 Å². The lowest BCUT2D eigenvalue weighted by molar-refractivity contribution is 0.809. The van der Waals surface area contributed by atoms with Gasteiger partial charge in [0.1, 0.15) is 17.2 Å². The fourth-order valence-electron chi connectivity index (χ4n) is 1.76. The highest BCUT2D eigenvalue weighted by atomic mass is 15.5. The number of hydrogen-bond acceptors (Lipinski definition) is 3. The number of nitrogens with zero attached hydrogens (tertiary/aromatic N) is 3. The molecule has 3 aromatic rings. The van der Waals surface area contributed by atoms with Crippen molar-refractivity contribution in [3.05, 3.63) is 36.2 Å². The number of aromatic amines is 1. The summed E-state index contributed by atoms with van der Waals surface area (Å²) < 4.78 is 1.53. The van der Waals surface area contributed by atoms with E-state index < -0.39 is 0 Å². The normalized spacial score (nSPS) is 11.1. The number of H-pyrrole nitrogens is 1. The van der Waals surface area contributed by atoms with Gasteiger partial charge in [0.25, 0.3) is 0 Å². The highest BCUT2D eigenvalue weighted by molar-refractivity contribution is 5.82. The van der Waals surface area contributed by atoms with Crippen LogP contribution in [0.25, 0.3) is 16.9 Å². The molecule has 0 saturated heterocycles. The number of nitrogens with one attached hydrogen (secondary N) is 1. The predicted molar refractivity (Wildman–Crippen MR) is 61.9 cm³/mol. The average Bonchev–Trinajstić information content (AvgIpc) is 2.79. The van der Waals surface area contributed by atoms with Crippen molar-refractivity contribution < 1.29 is 0 Å². The molecule has 3 N–H and O–H groups in total. The number of benzene rings is 1. The first kappa shape index (κ1) is 8.96. The summed E-state index contributed by atoms with van der Waals surface area (Å²) in [5.41, 5.74) is 9.17. The second-order valence-corrected chi connectivity index (χ2v) is 3.68. The van der Waals surface area contributed by atoms with Crippen LogP contribution in [0.1, 0.15) is 5.82 Å². The Bertz CT molecular complexity index is 635. The number of anilines is 1. The van der Waals surface area contributed by atoms with Crippen LogP contribution in [0.3, 0.4) is 0 Å². The van der Waals surface area contributed by atoms with E-state index in [2.05, 4.69) is 15.2 Å². The minimum Gasteiger partial charge on any atom is -0.394 e. The fraction of sp³-hybridized carbons (Fsp3) is 0.0909. The van der Waals surface area contributed by atoms with Gasteiger partial charge in [0.2, 0.25) is 0 Å². The first-order valence-electron chi connectivity index (χ1n) is 5.02. The summed E-state index contributed by atoms with van der Waals surface area (Å²) in [5.74, 6) is 0.800. The van der Waals surface area contributed by atoms with Gasteiger partial charge in [-0.15, -0.1) is 14.8 Å². The maximum atomic E-state index is 6.03. The van der Waals surface area contributed by atoms with Gasteiger partial charge in [0.15, 0.2) is 5.65 Å². The van der Waals surface area contributed by atoms with Crippen LogP contribution in [-0.4, -0.2) is 19.8 Å². The summed E-state index contributed by atoms with van der Waals surface area (Å²) in [7, 11) is 0. The van der Waals surface area contributed by atoms with Gasteiger partial charge in [-0.2, -0.15) is 0 Å². The predicted octanol–water partition coefficient (Wildman–Crippen LogP) is 1.62. The molecule has 0 fully saturated rings. The molecule has 1 aromatic carbocycles. The molecule has 0 aliphatic carbocycles. The SMILES string of the molecule is Cc1nn2nc(-c3ccccc3)c(N)c2[nH]1. The van der Waals surface area contributed by atoms with Crippen LogP contribution in [0.4, 0.5) is 5.69 Å². The summed E-state index contributed by atoms with van der Waals surface area (Å²) >= 11 is 0. The molecule has 0 atom stereocenters. The molecule has 80 valence electrons.